The number of sulfonamides is 1. The molecule has 1 aromatic carbocycles. The van der Waals surface area contributed by atoms with E-state index in [0.29, 0.717) is 17.1 Å². The van der Waals surface area contributed by atoms with Crippen molar-refractivity contribution in [3.05, 3.63) is 34.9 Å². The van der Waals surface area contributed by atoms with Crippen molar-refractivity contribution >= 4 is 27.5 Å². The highest BCUT2D eigenvalue weighted by molar-refractivity contribution is 7.88. The molecule has 0 aliphatic carbocycles. The lowest BCUT2D eigenvalue weighted by Gasteiger charge is -2.40. The number of benzene rings is 1. The number of carbonyl (C=O) groups excluding carboxylic acids is 1. The number of hydrogen-bond donors (Lipinski definition) is 0. The van der Waals surface area contributed by atoms with E-state index in [1.165, 1.54) is 4.31 Å². The van der Waals surface area contributed by atoms with Gasteiger partial charge in [-0.05, 0) is 31.4 Å². The van der Waals surface area contributed by atoms with E-state index in [9.17, 15) is 13.2 Å². The Balaban J connectivity index is 1.85. The van der Waals surface area contributed by atoms with Gasteiger partial charge in [0.1, 0.15) is 6.04 Å². The zero-order chi connectivity index (χ0) is 15.9. The molecule has 0 radical (unpaired) electrons. The second-order valence-electron chi connectivity index (χ2n) is 5.92. The highest BCUT2D eigenvalue weighted by Gasteiger charge is 2.44. The SMILES string of the molecule is C[C@H]1C(=O)N2CCC[C@@H]2CN1S(=O)(=O)Cc1ccccc1Cl. The number of amides is 1. The molecule has 0 spiro atoms. The van der Waals surface area contributed by atoms with E-state index >= 15 is 0 Å². The molecule has 2 saturated heterocycles. The number of fused-ring (bicyclic) bond motifs is 1. The predicted octanol–water partition coefficient (Wildman–Crippen LogP) is 1.86. The molecule has 0 N–H and O–H groups in total. The molecule has 0 bridgehead atoms. The minimum absolute atomic E-state index is 0.0183. The zero-order valence-corrected chi connectivity index (χ0v) is 14.0. The second kappa shape index (κ2) is 5.83. The van der Waals surface area contributed by atoms with Gasteiger partial charge in [-0.15, -0.1) is 0 Å². The van der Waals surface area contributed by atoms with Gasteiger partial charge in [-0.25, -0.2) is 8.42 Å². The summed E-state index contributed by atoms with van der Waals surface area (Å²) in [6, 6.07) is 6.29. The minimum Gasteiger partial charge on any atom is -0.337 e. The van der Waals surface area contributed by atoms with Gasteiger partial charge in [-0.3, -0.25) is 4.79 Å². The van der Waals surface area contributed by atoms with Crippen LogP contribution < -0.4 is 0 Å². The molecule has 0 aromatic heterocycles. The molecule has 3 rings (SSSR count). The first-order valence-corrected chi connectivity index (χ1v) is 9.42. The van der Waals surface area contributed by atoms with Gasteiger partial charge in [-0.2, -0.15) is 4.31 Å². The Morgan fingerprint density at radius 3 is 2.77 bits per heavy atom. The van der Waals surface area contributed by atoms with Crippen molar-refractivity contribution in [1.29, 1.82) is 0 Å². The minimum atomic E-state index is -3.58. The van der Waals surface area contributed by atoms with Crippen LogP contribution in [0.3, 0.4) is 0 Å². The number of rotatable bonds is 3. The summed E-state index contributed by atoms with van der Waals surface area (Å²) in [5.74, 6) is -0.256. The van der Waals surface area contributed by atoms with E-state index in [4.69, 9.17) is 11.6 Å². The van der Waals surface area contributed by atoms with Crippen molar-refractivity contribution in [2.75, 3.05) is 13.1 Å². The third-order valence-electron chi connectivity index (χ3n) is 4.49. The summed E-state index contributed by atoms with van der Waals surface area (Å²) in [4.78, 5) is 14.2. The number of hydrogen-bond acceptors (Lipinski definition) is 3. The normalized spacial score (nSPS) is 26.3. The Hall–Kier alpha value is -1.11. The molecular formula is C15H19ClN2O3S. The van der Waals surface area contributed by atoms with Crippen molar-refractivity contribution in [3.63, 3.8) is 0 Å². The van der Waals surface area contributed by atoms with Gasteiger partial charge in [0.2, 0.25) is 15.9 Å². The maximum Gasteiger partial charge on any atom is 0.241 e. The van der Waals surface area contributed by atoms with E-state index in [1.807, 2.05) is 4.90 Å². The first-order valence-electron chi connectivity index (χ1n) is 7.43. The van der Waals surface area contributed by atoms with Crippen LogP contribution in [0.5, 0.6) is 0 Å². The fraction of sp³-hybridized carbons (Fsp3) is 0.533. The molecule has 1 amide bonds. The van der Waals surface area contributed by atoms with E-state index in [-0.39, 0.29) is 17.7 Å². The van der Waals surface area contributed by atoms with Gasteiger partial charge < -0.3 is 4.90 Å². The van der Waals surface area contributed by atoms with Crippen molar-refractivity contribution in [3.8, 4) is 0 Å². The summed E-state index contributed by atoms with van der Waals surface area (Å²) in [7, 11) is -3.58. The van der Waals surface area contributed by atoms with Crippen LogP contribution in [0.15, 0.2) is 24.3 Å². The Labute approximate surface area is 135 Å². The molecule has 120 valence electrons. The molecule has 2 fully saturated rings. The molecule has 2 aliphatic rings. The highest BCUT2D eigenvalue weighted by Crippen LogP contribution is 2.29. The van der Waals surface area contributed by atoms with E-state index in [1.54, 1.807) is 31.2 Å². The van der Waals surface area contributed by atoms with Crippen LogP contribution in [-0.2, 0) is 20.6 Å². The zero-order valence-electron chi connectivity index (χ0n) is 12.4. The molecular weight excluding hydrogens is 324 g/mol. The monoisotopic (exact) mass is 342 g/mol. The van der Waals surface area contributed by atoms with Gasteiger partial charge >= 0.3 is 0 Å². The van der Waals surface area contributed by atoms with E-state index in [2.05, 4.69) is 0 Å². The average Bonchev–Trinajstić information content (AvgIpc) is 2.93. The van der Waals surface area contributed by atoms with Crippen LogP contribution in [0.25, 0.3) is 0 Å². The topological polar surface area (TPSA) is 57.7 Å². The average molecular weight is 343 g/mol. The standard InChI is InChI=1S/C15H19ClN2O3S/c1-11-15(19)17-8-4-6-13(17)9-18(11)22(20,21)10-12-5-2-3-7-14(12)16/h2-3,5,7,11,13H,4,6,8-10H2,1H3/t11-,13+/m0/s1. The van der Waals surface area contributed by atoms with Gasteiger partial charge in [0, 0.05) is 24.2 Å². The maximum atomic E-state index is 12.7. The van der Waals surface area contributed by atoms with Crippen molar-refractivity contribution in [1.82, 2.24) is 9.21 Å². The van der Waals surface area contributed by atoms with Crippen LogP contribution in [0.2, 0.25) is 5.02 Å². The molecule has 0 unspecified atom stereocenters. The molecule has 0 saturated carbocycles. The Morgan fingerprint density at radius 1 is 1.32 bits per heavy atom. The van der Waals surface area contributed by atoms with Gasteiger partial charge in [0.25, 0.3) is 0 Å². The number of piperazine rings is 1. The van der Waals surface area contributed by atoms with Crippen LogP contribution in [0.4, 0.5) is 0 Å². The first kappa shape index (κ1) is 15.8. The van der Waals surface area contributed by atoms with Gasteiger partial charge in [-0.1, -0.05) is 29.8 Å². The summed E-state index contributed by atoms with van der Waals surface area (Å²) in [6.07, 6.45) is 1.82. The summed E-state index contributed by atoms with van der Waals surface area (Å²) in [5.41, 5.74) is 0.567. The number of nitrogens with zero attached hydrogens (tertiary/aromatic N) is 2. The quantitative estimate of drug-likeness (QED) is 0.842. The van der Waals surface area contributed by atoms with Crippen molar-refractivity contribution in [2.24, 2.45) is 0 Å². The van der Waals surface area contributed by atoms with Crippen molar-refractivity contribution in [2.45, 2.75) is 37.6 Å². The Kier molecular flexibility index (Phi) is 4.18. The first-order chi connectivity index (χ1) is 10.4. The Morgan fingerprint density at radius 2 is 2.05 bits per heavy atom. The van der Waals surface area contributed by atoms with Crippen molar-refractivity contribution < 1.29 is 13.2 Å². The smallest absolute Gasteiger partial charge is 0.241 e. The fourth-order valence-corrected chi connectivity index (χ4v) is 5.36. The lowest BCUT2D eigenvalue weighted by atomic mass is 10.1. The molecule has 7 heteroatoms. The lowest BCUT2D eigenvalue weighted by Crippen LogP contribution is -2.60. The summed E-state index contributed by atoms with van der Waals surface area (Å²) < 4.78 is 26.8. The summed E-state index contributed by atoms with van der Waals surface area (Å²) in [5, 5.41) is 0.435. The van der Waals surface area contributed by atoms with Crippen LogP contribution in [0, 0.1) is 0 Å². The van der Waals surface area contributed by atoms with Gasteiger partial charge in [0.15, 0.2) is 0 Å². The molecule has 22 heavy (non-hydrogen) atoms. The third kappa shape index (κ3) is 2.75. The number of halogens is 1. The summed E-state index contributed by atoms with van der Waals surface area (Å²) >= 11 is 6.07. The van der Waals surface area contributed by atoms with Crippen LogP contribution in [0.1, 0.15) is 25.3 Å². The largest absolute Gasteiger partial charge is 0.337 e. The molecule has 1 aromatic rings. The van der Waals surface area contributed by atoms with Crippen LogP contribution >= 0.6 is 11.6 Å². The third-order valence-corrected chi connectivity index (χ3v) is 6.72. The molecule has 2 atom stereocenters. The maximum absolute atomic E-state index is 12.7. The molecule has 2 heterocycles. The van der Waals surface area contributed by atoms with E-state index in [0.717, 1.165) is 19.4 Å². The van der Waals surface area contributed by atoms with Crippen LogP contribution in [-0.4, -0.2) is 48.7 Å². The Bertz CT molecular complexity index is 692. The fourth-order valence-electron chi connectivity index (χ4n) is 3.29. The highest BCUT2D eigenvalue weighted by atomic mass is 35.5. The number of carbonyl (C=O) groups is 1. The van der Waals surface area contributed by atoms with E-state index < -0.39 is 16.1 Å². The molecule has 5 nitrogen and oxygen atoms in total. The second-order valence-corrected chi connectivity index (χ2v) is 8.25. The van der Waals surface area contributed by atoms with Gasteiger partial charge in [0.05, 0.1) is 5.75 Å². The molecule has 2 aliphatic heterocycles. The summed E-state index contributed by atoms with van der Waals surface area (Å²) in [6.45, 7) is 2.80. The predicted molar refractivity (Wildman–Crippen MR) is 85.0 cm³/mol. The lowest BCUT2D eigenvalue weighted by molar-refractivity contribution is -0.139.